The van der Waals surface area contributed by atoms with Crippen LogP contribution in [-0.2, 0) is 4.74 Å². The molecule has 1 unspecified atom stereocenters. The van der Waals surface area contributed by atoms with Gasteiger partial charge in [0.25, 0.3) is 0 Å². The summed E-state index contributed by atoms with van der Waals surface area (Å²) in [5.41, 5.74) is 2.11. The Bertz CT molecular complexity index is 377. The van der Waals surface area contributed by atoms with Crippen LogP contribution in [0.2, 0.25) is 0 Å². The van der Waals surface area contributed by atoms with E-state index in [1.54, 1.807) is 6.07 Å². The summed E-state index contributed by atoms with van der Waals surface area (Å²) in [7, 11) is 0. The first-order chi connectivity index (χ1) is 9.00. The van der Waals surface area contributed by atoms with Crippen molar-refractivity contribution in [3.05, 3.63) is 29.3 Å². The Morgan fingerprint density at radius 1 is 1.21 bits per heavy atom. The Morgan fingerprint density at radius 2 is 1.95 bits per heavy atom. The molecule has 0 aliphatic heterocycles. The molecule has 0 aliphatic rings. The van der Waals surface area contributed by atoms with Crippen LogP contribution in [0.1, 0.15) is 44.4 Å². The zero-order valence-electron chi connectivity index (χ0n) is 12.6. The van der Waals surface area contributed by atoms with E-state index >= 15 is 0 Å². The summed E-state index contributed by atoms with van der Waals surface area (Å²) in [5, 5.41) is 13.2. The number of ether oxygens (including phenoxy) is 1. The van der Waals surface area contributed by atoms with Gasteiger partial charge >= 0.3 is 0 Å². The van der Waals surface area contributed by atoms with Crippen LogP contribution in [0.25, 0.3) is 0 Å². The molecule has 1 aromatic carbocycles. The summed E-state index contributed by atoms with van der Waals surface area (Å²) < 4.78 is 5.56. The van der Waals surface area contributed by atoms with E-state index in [1.807, 2.05) is 19.1 Å². The van der Waals surface area contributed by atoms with Gasteiger partial charge in [-0.2, -0.15) is 0 Å². The van der Waals surface area contributed by atoms with Crippen LogP contribution in [0.4, 0.5) is 0 Å². The highest BCUT2D eigenvalue weighted by atomic mass is 16.5. The van der Waals surface area contributed by atoms with Gasteiger partial charge in [-0.05, 0) is 32.3 Å². The summed E-state index contributed by atoms with van der Waals surface area (Å²) in [5.74, 6) is 1.04. The van der Waals surface area contributed by atoms with Crippen molar-refractivity contribution < 1.29 is 9.84 Å². The molecule has 0 saturated carbocycles. The largest absolute Gasteiger partial charge is 0.508 e. The zero-order valence-corrected chi connectivity index (χ0v) is 12.6. The maximum atomic E-state index is 9.84. The average Bonchev–Trinajstić information content (AvgIpc) is 2.36. The van der Waals surface area contributed by atoms with Gasteiger partial charge in [0.2, 0.25) is 0 Å². The average molecular weight is 265 g/mol. The maximum Gasteiger partial charge on any atom is 0.120 e. The molecule has 3 heteroatoms. The summed E-state index contributed by atoms with van der Waals surface area (Å²) in [6.45, 7) is 10.8. The van der Waals surface area contributed by atoms with Crippen molar-refractivity contribution in [1.29, 1.82) is 0 Å². The number of benzene rings is 1. The molecular weight excluding hydrogens is 238 g/mol. The molecule has 1 rings (SSSR count). The molecule has 2 N–H and O–H groups in total. The predicted molar refractivity (Wildman–Crippen MR) is 79.5 cm³/mol. The highest BCUT2D eigenvalue weighted by Gasteiger charge is 2.09. The van der Waals surface area contributed by atoms with Crippen molar-refractivity contribution in [1.82, 2.24) is 5.32 Å². The molecule has 0 spiro atoms. The summed E-state index contributed by atoms with van der Waals surface area (Å²) in [6.07, 6.45) is 1.11. The molecule has 0 aliphatic carbocycles. The molecular formula is C16H27NO2. The smallest absolute Gasteiger partial charge is 0.120 e. The van der Waals surface area contributed by atoms with Gasteiger partial charge in [0.15, 0.2) is 0 Å². The lowest BCUT2D eigenvalue weighted by Crippen LogP contribution is -2.23. The summed E-state index contributed by atoms with van der Waals surface area (Å²) >= 11 is 0. The molecule has 0 aromatic heterocycles. The van der Waals surface area contributed by atoms with Gasteiger partial charge in [0, 0.05) is 24.8 Å². The number of aromatic hydroxyl groups is 1. The van der Waals surface area contributed by atoms with Crippen molar-refractivity contribution in [3.8, 4) is 5.75 Å². The second kappa shape index (κ2) is 8.18. The summed E-state index contributed by atoms with van der Waals surface area (Å²) in [6, 6.07) is 5.82. The van der Waals surface area contributed by atoms with Gasteiger partial charge < -0.3 is 15.2 Å². The van der Waals surface area contributed by atoms with Gasteiger partial charge in [-0.3, -0.25) is 0 Å². The molecule has 0 radical (unpaired) electrons. The van der Waals surface area contributed by atoms with E-state index in [9.17, 15) is 5.11 Å². The molecule has 3 nitrogen and oxygen atoms in total. The molecule has 0 bridgehead atoms. The van der Waals surface area contributed by atoms with Crippen LogP contribution in [0.3, 0.4) is 0 Å². The van der Waals surface area contributed by atoms with E-state index in [1.165, 1.54) is 0 Å². The van der Waals surface area contributed by atoms with E-state index in [0.717, 1.165) is 30.7 Å². The number of nitrogens with one attached hydrogen (secondary N) is 1. The van der Waals surface area contributed by atoms with Crippen molar-refractivity contribution in [2.75, 3.05) is 19.8 Å². The van der Waals surface area contributed by atoms with E-state index < -0.39 is 0 Å². The van der Waals surface area contributed by atoms with E-state index in [2.05, 4.69) is 26.1 Å². The van der Waals surface area contributed by atoms with E-state index in [-0.39, 0.29) is 6.04 Å². The Hall–Kier alpha value is -1.06. The fourth-order valence-electron chi connectivity index (χ4n) is 1.90. The highest BCUT2D eigenvalue weighted by Crippen LogP contribution is 2.24. The molecule has 19 heavy (non-hydrogen) atoms. The molecule has 0 saturated heterocycles. The zero-order chi connectivity index (χ0) is 14.3. The van der Waals surface area contributed by atoms with Gasteiger partial charge in [-0.1, -0.05) is 31.5 Å². The highest BCUT2D eigenvalue weighted by molar-refractivity contribution is 5.37. The standard InChI is InChI=1S/C16H27NO2/c1-12(2)7-9-19-10-8-17-14(4)15-11-13(3)5-6-16(15)18/h5-6,11-12,14,17-18H,7-10H2,1-4H3. The first kappa shape index (κ1) is 16.0. The predicted octanol–water partition coefficient (Wildman–Crippen LogP) is 3.41. The number of phenolic OH excluding ortho intramolecular Hbond substituents is 1. The third kappa shape index (κ3) is 6.08. The van der Waals surface area contributed by atoms with Crippen LogP contribution in [0.5, 0.6) is 5.75 Å². The van der Waals surface area contributed by atoms with Crippen LogP contribution >= 0.6 is 0 Å². The van der Waals surface area contributed by atoms with Crippen molar-refractivity contribution in [3.63, 3.8) is 0 Å². The Labute approximate surface area is 117 Å². The fraction of sp³-hybridized carbons (Fsp3) is 0.625. The van der Waals surface area contributed by atoms with Crippen molar-refractivity contribution in [2.24, 2.45) is 5.92 Å². The molecule has 1 atom stereocenters. The van der Waals surface area contributed by atoms with Crippen molar-refractivity contribution >= 4 is 0 Å². The Morgan fingerprint density at radius 3 is 2.63 bits per heavy atom. The molecule has 0 heterocycles. The number of phenols is 1. The Balaban J connectivity index is 2.27. The number of rotatable bonds is 8. The van der Waals surface area contributed by atoms with Gasteiger partial charge in [0.1, 0.15) is 5.75 Å². The minimum Gasteiger partial charge on any atom is -0.508 e. The van der Waals surface area contributed by atoms with Crippen LogP contribution in [0.15, 0.2) is 18.2 Å². The quantitative estimate of drug-likeness (QED) is 0.708. The van der Waals surface area contributed by atoms with E-state index in [4.69, 9.17) is 4.74 Å². The molecule has 1 aromatic rings. The third-order valence-corrected chi connectivity index (χ3v) is 3.19. The minimum absolute atomic E-state index is 0.133. The van der Waals surface area contributed by atoms with Gasteiger partial charge in [-0.15, -0.1) is 0 Å². The van der Waals surface area contributed by atoms with Crippen LogP contribution in [0, 0.1) is 12.8 Å². The molecule has 0 amide bonds. The Kier molecular flexibility index (Phi) is 6.89. The fourth-order valence-corrected chi connectivity index (χ4v) is 1.90. The topological polar surface area (TPSA) is 41.5 Å². The molecule has 108 valence electrons. The van der Waals surface area contributed by atoms with Gasteiger partial charge in [-0.25, -0.2) is 0 Å². The van der Waals surface area contributed by atoms with Crippen LogP contribution in [-0.4, -0.2) is 24.9 Å². The van der Waals surface area contributed by atoms with E-state index in [0.29, 0.717) is 18.3 Å². The normalized spacial score (nSPS) is 12.9. The SMILES string of the molecule is Cc1ccc(O)c(C(C)NCCOCCC(C)C)c1. The third-order valence-electron chi connectivity index (χ3n) is 3.19. The lowest BCUT2D eigenvalue weighted by Gasteiger charge is -2.16. The minimum atomic E-state index is 0.133. The van der Waals surface area contributed by atoms with Crippen LogP contribution < -0.4 is 5.32 Å². The number of hydrogen-bond acceptors (Lipinski definition) is 3. The number of hydrogen-bond donors (Lipinski definition) is 2. The monoisotopic (exact) mass is 265 g/mol. The lowest BCUT2D eigenvalue weighted by molar-refractivity contribution is 0.123. The van der Waals surface area contributed by atoms with Crippen molar-refractivity contribution in [2.45, 2.75) is 40.2 Å². The maximum absolute atomic E-state index is 9.84. The first-order valence-corrected chi connectivity index (χ1v) is 7.11. The molecule has 0 fully saturated rings. The lowest BCUT2D eigenvalue weighted by atomic mass is 10.0. The second-order valence-electron chi connectivity index (χ2n) is 5.53. The summed E-state index contributed by atoms with van der Waals surface area (Å²) in [4.78, 5) is 0. The first-order valence-electron chi connectivity index (χ1n) is 7.11. The van der Waals surface area contributed by atoms with Gasteiger partial charge in [0.05, 0.1) is 6.61 Å². The number of aryl methyl sites for hydroxylation is 1. The second-order valence-corrected chi connectivity index (χ2v) is 5.53.